The van der Waals surface area contributed by atoms with Gasteiger partial charge in [-0.15, -0.1) is 0 Å². The number of rotatable bonds is 4. The second kappa shape index (κ2) is 7.30. The molecule has 3 fully saturated rings. The monoisotopic (exact) mass is 408 g/mol. The van der Waals surface area contributed by atoms with E-state index >= 15 is 0 Å². The molecule has 10 atom stereocenters. The fraction of sp³-hybridized carbons (Fsp3) is 0.917. The fourth-order valence-corrected chi connectivity index (χ4v) is 8.32. The van der Waals surface area contributed by atoms with Crippen LogP contribution in [0.1, 0.15) is 59.3 Å². The van der Waals surface area contributed by atoms with Gasteiger partial charge in [-0.05, 0) is 54.8 Å². The maximum absolute atomic E-state index is 11.5. The summed E-state index contributed by atoms with van der Waals surface area (Å²) in [5, 5.41) is 32.7. The first-order chi connectivity index (χ1) is 13.6. The molecule has 1 unspecified atom stereocenters. The fourth-order valence-electron chi connectivity index (χ4n) is 8.32. The average Bonchev–Trinajstić information content (AvgIpc) is 3.01. The SMILES string of the molecule is COC(OC)C(C)[C@H]1CC[C@H]2[C@@H]3C=C[C@@]4(O)C[C@H](O)C[C@H](O)[C@]4(C)[C@H]3CC[C@]12C. The van der Waals surface area contributed by atoms with Crippen molar-refractivity contribution in [3.63, 3.8) is 0 Å². The van der Waals surface area contributed by atoms with Crippen LogP contribution in [-0.4, -0.2) is 53.6 Å². The summed E-state index contributed by atoms with van der Waals surface area (Å²) in [6.07, 6.45) is 7.78. The third-order valence-electron chi connectivity index (χ3n) is 9.97. The second-order valence-corrected chi connectivity index (χ2v) is 10.9. The van der Waals surface area contributed by atoms with Crippen molar-refractivity contribution in [2.75, 3.05) is 14.2 Å². The molecule has 4 aliphatic carbocycles. The van der Waals surface area contributed by atoms with Crippen LogP contribution in [0.5, 0.6) is 0 Å². The van der Waals surface area contributed by atoms with Gasteiger partial charge in [0.05, 0.1) is 17.8 Å². The molecule has 0 aromatic heterocycles. The third-order valence-corrected chi connectivity index (χ3v) is 9.97. The van der Waals surface area contributed by atoms with Crippen LogP contribution in [0.4, 0.5) is 0 Å². The summed E-state index contributed by atoms with van der Waals surface area (Å²) in [6.45, 7) is 6.77. The first-order valence-corrected chi connectivity index (χ1v) is 11.5. The van der Waals surface area contributed by atoms with Crippen molar-refractivity contribution in [3.8, 4) is 0 Å². The van der Waals surface area contributed by atoms with Gasteiger partial charge in [-0.2, -0.15) is 0 Å². The van der Waals surface area contributed by atoms with Crippen LogP contribution in [0.15, 0.2) is 12.2 Å². The molecule has 3 saturated carbocycles. The maximum atomic E-state index is 11.5. The smallest absolute Gasteiger partial charge is 0.159 e. The molecule has 0 radical (unpaired) electrons. The molecular weight excluding hydrogens is 368 g/mol. The Morgan fingerprint density at radius 1 is 1.03 bits per heavy atom. The van der Waals surface area contributed by atoms with Gasteiger partial charge < -0.3 is 24.8 Å². The molecule has 0 bridgehead atoms. The summed E-state index contributed by atoms with van der Waals surface area (Å²) in [4.78, 5) is 0. The van der Waals surface area contributed by atoms with Gasteiger partial charge >= 0.3 is 0 Å². The highest BCUT2D eigenvalue weighted by molar-refractivity contribution is 5.26. The minimum atomic E-state index is -1.12. The second-order valence-electron chi connectivity index (χ2n) is 10.9. The Kier molecular flexibility index (Phi) is 5.48. The molecule has 0 aromatic carbocycles. The number of fused-ring (bicyclic) bond motifs is 5. The van der Waals surface area contributed by atoms with Gasteiger partial charge in [0.25, 0.3) is 0 Å². The number of hydrogen-bond donors (Lipinski definition) is 3. The molecule has 0 aromatic rings. The first kappa shape index (κ1) is 21.8. The summed E-state index contributed by atoms with van der Waals surface area (Å²) < 4.78 is 11.2. The molecule has 0 aliphatic heterocycles. The van der Waals surface area contributed by atoms with Gasteiger partial charge in [-0.1, -0.05) is 32.9 Å². The highest BCUT2D eigenvalue weighted by Gasteiger charge is 2.66. The zero-order valence-electron chi connectivity index (χ0n) is 18.7. The summed E-state index contributed by atoms with van der Waals surface area (Å²) in [5.41, 5.74) is -1.51. The van der Waals surface area contributed by atoms with Gasteiger partial charge in [0, 0.05) is 38.4 Å². The Bertz CT molecular complexity index is 647. The molecule has 4 aliphatic rings. The molecule has 0 heterocycles. The predicted molar refractivity (Wildman–Crippen MR) is 111 cm³/mol. The van der Waals surface area contributed by atoms with Crippen LogP contribution in [0.25, 0.3) is 0 Å². The van der Waals surface area contributed by atoms with Crippen molar-refractivity contribution < 1.29 is 24.8 Å². The molecule has 166 valence electrons. The van der Waals surface area contributed by atoms with E-state index in [1.807, 2.05) is 6.08 Å². The van der Waals surface area contributed by atoms with Crippen LogP contribution >= 0.6 is 0 Å². The lowest BCUT2D eigenvalue weighted by molar-refractivity contribution is -0.219. The van der Waals surface area contributed by atoms with Crippen LogP contribution in [0.2, 0.25) is 0 Å². The largest absolute Gasteiger partial charge is 0.393 e. The van der Waals surface area contributed by atoms with E-state index in [0.717, 1.165) is 12.8 Å². The Morgan fingerprint density at radius 2 is 1.72 bits per heavy atom. The Hall–Kier alpha value is -0.460. The van der Waals surface area contributed by atoms with Crippen molar-refractivity contribution in [1.82, 2.24) is 0 Å². The molecule has 29 heavy (non-hydrogen) atoms. The van der Waals surface area contributed by atoms with Crippen LogP contribution in [0.3, 0.4) is 0 Å². The zero-order valence-corrected chi connectivity index (χ0v) is 18.7. The van der Waals surface area contributed by atoms with Gasteiger partial charge in [0.2, 0.25) is 0 Å². The predicted octanol–water partition coefficient (Wildman–Crippen LogP) is 3.12. The lowest BCUT2D eigenvalue weighted by Gasteiger charge is -2.63. The number of methoxy groups -OCH3 is 2. The van der Waals surface area contributed by atoms with Crippen molar-refractivity contribution in [1.29, 1.82) is 0 Å². The lowest BCUT2D eigenvalue weighted by Crippen LogP contribution is -2.66. The van der Waals surface area contributed by atoms with Crippen LogP contribution in [-0.2, 0) is 9.47 Å². The maximum Gasteiger partial charge on any atom is 0.159 e. The number of hydrogen-bond acceptors (Lipinski definition) is 5. The molecule has 5 nitrogen and oxygen atoms in total. The van der Waals surface area contributed by atoms with E-state index in [1.54, 1.807) is 14.2 Å². The van der Waals surface area contributed by atoms with Crippen LogP contribution in [0, 0.1) is 40.4 Å². The molecule has 3 N–H and O–H groups in total. The molecule has 0 amide bonds. The summed E-state index contributed by atoms with van der Waals surface area (Å²) >= 11 is 0. The summed E-state index contributed by atoms with van der Waals surface area (Å²) in [5.74, 6) is 2.02. The van der Waals surface area contributed by atoms with Gasteiger partial charge in [0.1, 0.15) is 0 Å². The summed E-state index contributed by atoms with van der Waals surface area (Å²) in [6, 6.07) is 0. The van der Waals surface area contributed by atoms with Crippen LogP contribution < -0.4 is 0 Å². The van der Waals surface area contributed by atoms with Crippen molar-refractivity contribution in [3.05, 3.63) is 12.2 Å². The van der Waals surface area contributed by atoms with Crippen molar-refractivity contribution >= 4 is 0 Å². The van der Waals surface area contributed by atoms with Crippen molar-refractivity contribution in [2.24, 2.45) is 40.4 Å². The Labute approximate surface area is 175 Å². The van der Waals surface area contributed by atoms with Gasteiger partial charge in [-0.3, -0.25) is 0 Å². The first-order valence-electron chi connectivity index (χ1n) is 11.5. The standard InChI is InChI=1S/C24H40O5/c1-14(21(28-4)29-5)17-6-7-18-16-8-11-24(27)13-15(25)12-20(26)23(24,3)19(16)9-10-22(17,18)2/h8,11,14-21,25-27H,6-7,9-10,12-13H2,1-5H3/t14?,15-,16+,17-,18+,19+,20+,22-,23+,24-/m1/s1. The normalized spacial score (nSPS) is 52.7. The number of aliphatic hydroxyl groups is 3. The topological polar surface area (TPSA) is 79.2 Å². The van der Waals surface area contributed by atoms with Gasteiger partial charge in [-0.25, -0.2) is 0 Å². The van der Waals surface area contributed by atoms with E-state index < -0.39 is 23.2 Å². The van der Waals surface area contributed by atoms with E-state index in [9.17, 15) is 15.3 Å². The number of aliphatic hydroxyl groups excluding tert-OH is 2. The van der Waals surface area contributed by atoms with E-state index in [2.05, 4.69) is 26.8 Å². The molecular formula is C24H40O5. The van der Waals surface area contributed by atoms with Crippen molar-refractivity contribution in [2.45, 2.75) is 83.4 Å². The van der Waals surface area contributed by atoms with E-state index in [-0.39, 0.29) is 17.6 Å². The zero-order chi connectivity index (χ0) is 21.2. The Balaban J connectivity index is 1.66. The average molecular weight is 409 g/mol. The number of allylic oxidation sites excluding steroid dienone is 1. The number of ether oxygens (including phenoxy) is 2. The Morgan fingerprint density at radius 3 is 2.38 bits per heavy atom. The third kappa shape index (κ3) is 2.91. The minimum absolute atomic E-state index is 0.181. The molecule has 0 saturated heterocycles. The summed E-state index contributed by atoms with van der Waals surface area (Å²) in [7, 11) is 3.45. The van der Waals surface area contributed by atoms with E-state index in [4.69, 9.17) is 9.47 Å². The molecule has 0 spiro atoms. The van der Waals surface area contributed by atoms with E-state index in [0.29, 0.717) is 36.5 Å². The molecule has 5 heteroatoms. The highest BCUT2D eigenvalue weighted by Crippen LogP contribution is 2.67. The highest BCUT2D eigenvalue weighted by atomic mass is 16.7. The van der Waals surface area contributed by atoms with Gasteiger partial charge in [0.15, 0.2) is 6.29 Å². The molecule has 4 rings (SSSR count). The minimum Gasteiger partial charge on any atom is -0.393 e. The lowest BCUT2D eigenvalue weighted by atomic mass is 9.44. The quantitative estimate of drug-likeness (QED) is 0.492. The van der Waals surface area contributed by atoms with E-state index in [1.165, 1.54) is 12.8 Å².